The van der Waals surface area contributed by atoms with Crippen molar-refractivity contribution in [1.82, 2.24) is 9.55 Å². The highest BCUT2D eigenvalue weighted by molar-refractivity contribution is 6.30. The maximum absolute atomic E-state index is 13.4. The summed E-state index contributed by atoms with van der Waals surface area (Å²) < 4.78 is 1.69. The number of nitrogens with one attached hydrogen (secondary N) is 2. The van der Waals surface area contributed by atoms with Crippen LogP contribution in [0.4, 0.5) is 16.2 Å². The lowest BCUT2D eigenvalue weighted by molar-refractivity contribution is 0.262. The van der Waals surface area contributed by atoms with Crippen LogP contribution < -0.4 is 16.2 Å². The average Bonchev–Trinajstić information content (AvgIpc) is 2.80. The van der Waals surface area contributed by atoms with Gasteiger partial charge in [0.05, 0.1) is 17.4 Å². The molecule has 0 saturated carbocycles. The summed E-state index contributed by atoms with van der Waals surface area (Å²) in [4.78, 5) is 30.5. The Balaban J connectivity index is 1.64. The van der Waals surface area contributed by atoms with E-state index in [0.29, 0.717) is 45.3 Å². The number of hydrogen-bond donors (Lipinski definition) is 2. The number of urea groups is 1. The molecular weight excluding hydrogens is 459 g/mol. The number of anilines is 2. The highest BCUT2D eigenvalue weighted by Crippen LogP contribution is 2.19. The van der Waals surface area contributed by atoms with Gasteiger partial charge in [0.15, 0.2) is 0 Å². The summed E-state index contributed by atoms with van der Waals surface area (Å²) in [6.07, 6.45) is 1.55. The standard InChI is InChI=1S/C25H22Cl2N4O2/c1-2-3-23-30-22-13-12-20(29-25(33)28-19-10-8-18(27)9-11-19)14-21(22)24(32)31(23)15-16-4-6-17(26)7-5-16/h4-14H,2-3,15H2,1H3,(H2,28,29,33). The van der Waals surface area contributed by atoms with E-state index in [9.17, 15) is 9.59 Å². The summed E-state index contributed by atoms with van der Waals surface area (Å²) in [6, 6.07) is 18.9. The van der Waals surface area contributed by atoms with Gasteiger partial charge < -0.3 is 10.6 Å². The molecule has 2 N–H and O–H groups in total. The van der Waals surface area contributed by atoms with Crippen molar-refractivity contribution in [3.63, 3.8) is 0 Å². The fourth-order valence-corrected chi connectivity index (χ4v) is 3.77. The van der Waals surface area contributed by atoms with E-state index in [0.717, 1.165) is 17.8 Å². The number of aromatic nitrogens is 2. The third-order valence-corrected chi connectivity index (χ3v) is 5.62. The zero-order chi connectivity index (χ0) is 23.4. The quantitative estimate of drug-likeness (QED) is 0.337. The van der Waals surface area contributed by atoms with Crippen LogP contribution in [0, 0.1) is 0 Å². The Morgan fingerprint density at radius 3 is 2.18 bits per heavy atom. The van der Waals surface area contributed by atoms with Gasteiger partial charge in [-0.3, -0.25) is 9.36 Å². The SMILES string of the molecule is CCCc1nc2ccc(NC(=O)Nc3ccc(Cl)cc3)cc2c(=O)n1Cc1ccc(Cl)cc1. The summed E-state index contributed by atoms with van der Waals surface area (Å²) in [5.74, 6) is 0.728. The summed E-state index contributed by atoms with van der Waals surface area (Å²) in [5.41, 5.74) is 2.50. The molecule has 0 saturated heterocycles. The number of carbonyl (C=O) groups excluding carboxylic acids is 1. The number of hydrogen-bond acceptors (Lipinski definition) is 3. The van der Waals surface area contributed by atoms with E-state index in [4.69, 9.17) is 28.2 Å². The summed E-state index contributed by atoms with van der Waals surface area (Å²) in [5, 5.41) is 7.17. The van der Waals surface area contributed by atoms with Crippen LogP contribution in [-0.2, 0) is 13.0 Å². The van der Waals surface area contributed by atoms with E-state index in [1.807, 2.05) is 12.1 Å². The molecule has 2 amide bonds. The lowest BCUT2D eigenvalue weighted by Crippen LogP contribution is -2.26. The molecule has 0 aliphatic carbocycles. The number of aryl methyl sites for hydroxylation is 1. The molecule has 1 aromatic heterocycles. The smallest absolute Gasteiger partial charge is 0.308 e. The van der Waals surface area contributed by atoms with E-state index in [-0.39, 0.29) is 5.56 Å². The van der Waals surface area contributed by atoms with Crippen LogP contribution in [-0.4, -0.2) is 15.6 Å². The first-order valence-electron chi connectivity index (χ1n) is 10.5. The average molecular weight is 481 g/mol. The molecule has 8 heteroatoms. The molecule has 3 aromatic carbocycles. The second-order valence-corrected chi connectivity index (χ2v) is 8.49. The van der Waals surface area contributed by atoms with Crippen LogP contribution in [0.25, 0.3) is 10.9 Å². The van der Waals surface area contributed by atoms with Crippen molar-refractivity contribution >= 4 is 51.5 Å². The van der Waals surface area contributed by atoms with Gasteiger partial charge in [0.1, 0.15) is 5.82 Å². The molecule has 33 heavy (non-hydrogen) atoms. The predicted octanol–water partition coefficient (Wildman–Crippen LogP) is 6.35. The minimum atomic E-state index is -0.422. The summed E-state index contributed by atoms with van der Waals surface area (Å²) in [7, 11) is 0. The van der Waals surface area contributed by atoms with Crippen molar-refractivity contribution in [2.24, 2.45) is 0 Å². The first-order chi connectivity index (χ1) is 15.9. The fraction of sp³-hybridized carbons (Fsp3) is 0.160. The van der Waals surface area contributed by atoms with Crippen LogP contribution >= 0.6 is 23.2 Å². The minimum Gasteiger partial charge on any atom is -0.308 e. The van der Waals surface area contributed by atoms with Gasteiger partial charge in [-0.05, 0) is 66.6 Å². The number of rotatable bonds is 6. The van der Waals surface area contributed by atoms with Gasteiger partial charge in [0.25, 0.3) is 5.56 Å². The molecule has 1 heterocycles. The van der Waals surface area contributed by atoms with E-state index in [1.165, 1.54) is 0 Å². The lowest BCUT2D eigenvalue weighted by atomic mass is 10.1. The summed E-state index contributed by atoms with van der Waals surface area (Å²) in [6.45, 7) is 2.44. The molecule has 168 valence electrons. The monoisotopic (exact) mass is 480 g/mol. The number of halogens is 2. The molecule has 0 aliphatic rings. The second kappa shape index (κ2) is 10.1. The van der Waals surface area contributed by atoms with E-state index < -0.39 is 6.03 Å². The molecule has 6 nitrogen and oxygen atoms in total. The Morgan fingerprint density at radius 1 is 0.909 bits per heavy atom. The highest BCUT2D eigenvalue weighted by atomic mass is 35.5. The van der Waals surface area contributed by atoms with Crippen molar-refractivity contribution in [2.75, 3.05) is 10.6 Å². The molecule has 0 fully saturated rings. The van der Waals surface area contributed by atoms with Gasteiger partial charge in [0.2, 0.25) is 0 Å². The van der Waals surface area contributed by atoms with Gasteiger partial charge >= 0.3 is 6.03 Å². The number of carbonyl (C=O) groups is 1. The Labute approximate surface area is 201 Å². The number of benzene rings is 3. The lowest BCUT2D eigenvalue weighted by Gasteiger charge is -2.14. The Hall–Kier alpha value is -3.35. The van der Waals surface area contributed by atoms with Crippen LogP contribution in [0.2, 0.25) is 10.0 Å². The van der Waals surface area contributed by atoms with Crippen molar-refractivity contribution < 1.29 is 4.79 Å². The third kappa shape index (κ3) is 5.53. The molecule has 0 radical (unpaired) electrons. The number of fused-ring (bicyclic) bond motifs is 1. The predicted molar refractivity (Wildman–Crippen MR) is 135 cm³/mol. The second-order valence-electron chi connectivity index (χ2n) is 7.61. The largest absolute Gasteiger partial charge is 0.323 e. The van der Waals surface area contributed by atoms with E-state index in [1.54, 1.807) is 59.2 Å². The maximum Gasteiger partial charge on any atom is 0.323 e. The van der Waals surface area contributed by atoms with Crippen LogP contribution in [0.3, 0.4) is 0 Å². The minimum absolute atomic E-state index is 0.153. The Bertz CT molecular complexity index is 1350. The molecule has 0 unspecified atom stereocenters. The van der Waals surface area contributed by atoms with Crippen LogP contribution in [0.1, 0.15) is 24.7 Å². The number of amides is 2. The van der Waals surface area contributed by atoms with Crippen molar-refractivity contribution in [3.8, 4) is 0 Å². The molecule has 0 bridgehead atoms. The normalized spacial score (nSPS) is 10.9. The van der Waals surface area contributed by atoms with Crippen LogP contribution in [0.5, 0.6) is 0 Å². The molecular formula is C25H22Cl2N4O2. The highest BCUT2D eigenvalue weighted by Gasteiger charge is 2.13. The zero-order valence-electron chi connectivity index (χ0n) is 17.9. The van der Waals surface area contributed by atoms with Crippen molar-refractivity contribution in [3.05, 3.63) is 98.5 Å². The van der Waals surface area contributed by atoms with E-state index >= 15 is 0 Å². The molecule has 0 aliphatic heterocycles. The fourth-order valence-electron chi connectivity index (χ4n) is 3.52. The van der Waals surface area contributed by atoms with Gasteiger partial charge in [0, 0.05) is 27.8 Å². The van der Waals surface area contributed by atoms with Gasteiger partial charge in [-0.25, -0.2) is 9.78 Å². The number of nitrogens with zero attached hydrogens (tertiary/aromatic N) is 2. The molecule has 4 aromatic rings. The van der Waals surface area contributed by atoms with Crippen molar-refractivity contribution in [1.29, 1.82) is 0 Å². The van der Waals surface area contributed by atoms with Gasteiger partial charge in [-0.15, -0.1) is 0 Å². The Kier molecular flexibility index (Phi) is 6.96. The molecule has 0 spiro atoms. The topological polar surface area (TPSA) is 76.0 Å². The van der Waals surface area contributed by atoms with Gasteiger partial charge in [-0.1, -0.05) is 42.3 Å². The van der Waals surface area contributed by atoms with Gasteiger partial charge in [-0.2, -0.15) is 0 Å². The van der Waals surface area contributed by atoms with E-state index in [2.05, 4.69) is 17.6 Å². The molecule has 4 rings (SSSR count). The molecule has 0 atom stereocenters. The van der Waals surface area contributed by atoms with Crippen molar-refractivity contribution in [2.45, 2.75) is 26.3 Å². The maximum atomic E-state index is 13.4. The zero-order valence-corrected chi connectivity index (χ0v) is 19.5. The Morgan fingerprint density at radius 2 is 1.52 bits per heavy atom. The summed E-state index contributed by atoms with van der Waals surface area (Å²) >= 11 is 11.9. The van der Waals surface area contributed by atoms with Crippen LogP contribution in [0.15, 0.2) is 71.5 Å². The first kappa shape index (κ1) is 22.8. The third-order valence-electron chi connectivity index (χ3n) is 5.12. The first-order valence-corrected chi connectivity index (χ1v) is 11.3.